The number of aliphatic carboxylic acids is 1. The molecule has 0 bridgehead atoms. The Labute approximate surface area is 95.8 Å². The molecule has 0 aromatic carbocycles. The molecule has 0 aromatic rings. The van der Waals surface area contributed by atoms with Gasteiger partial charge in [-0.05, 0) is 12.3 Å². The van der Waals surface area contributed by atoms with Gasteiger partial charge in [0.05, 0.1) is 6.42 Å². The van der Waals surface area contributed by atoms with Gasteiger partial charge in [-0.25, -0.2) is 0 Å². The second-order valence-corrected chi connectivity index (χ2v) is 4.64. The molecule has 5 nitrogen and oxygen atoms in total. The highest BCUT2D eigenvalue weighted by Crippen LogP contribution is 2.16. The highest BCUT2D eigenvalue weighted by molar-refractivity contribution is 5.73. The van der Waals surface area contributed by atoms with Crippen molar-refractivity contribution in [2.24, 2.45) is 5.92 Å². The molecule has 2 atom stereocenters. The summed E-state index contributed by atoms with van der Waals surface area (Å²) < 4.78 is 0. The maximum absolute atomic E-state index is 11.0. The Hall–Kier alpha value is -1.10. The van der Waals surface area contributed by atoms with Gasteiger partial charge in [-0.2, -0.15) is 0 Å². The Kier molecular flexibility index (Phi) is 4.73. The largest absolute Gasteiger partial charge is 0.481 e. The number of hydrogen-bond donors (Lipinski definition) is 2. The van der Waals surface area contributed by atoms with E-state index in [1.165, 1.54) is 6.92 Å². The van der Waals surface area contributed by atoms with E-state index in [2.05, 4.69) is 17.1 Å². The molecule has 0 aromatic heterocycles. The maximum atomic E-state index is 11.0. The Morgan fingerprint density at radius 2 is 2.12 bits per heavy atom. The first-order valence-corrected chi connectivity index (χ1v) is 5.68. The molecule has 1 aliphatic heterocycles. The van der Waals surface area contributed by atoms with Crippen LogP contribution in [0.2, 0.25) is 0 Å². The quantitative estimate of drug-likeness (QED) is 0.726. The van der Waals surface area contributed by atoms with Gasteiger partial charge >= 0.3 is 5.97 Å². The molecule has 1 aliphatic rings. The van der Waals surface area contributed by atoms with Crippen molar-refractivity contribution in [3.05, 3.63) is 0 Å². The third-order valence-corrected chi connectivity index (χ3v) is 2.78. The summed E-state index contributed by atoms with van der Waals surface area (Å²) in [6, 6.07) is 0.162. The van der Waals surface area contributed by atoms with Gasteiger partial charge in [-0.15, -0.1) is 0 Å². The highest BCUT2D eigenvalue weighted by atomic mass is 16.4. The van der Waals surface area contributed by atoms with E-state index < -0.39 is 5.97 Å². The lowest BCUT2D eigenvalue weighted by atomic mass is 9.96. The molecule has 2 unspecified atom stereocenters. The molecule has 1 fully saturated rings. The molecule has 92 valence electrons. The highest BCUT2D eigenvalue weighted by Gasteiger charge is 2.25. The number of nitrogens with one attached hydrogen (secondary N) is 1. The monoisotopic (exact) mass is 228 g/mol. The van der Waals surface area contributed by atoms with Crippen molar-refractivity contribution in [1.82, 2.24) is 10.2 Å². The molecular weight excluding hydrogens is 208 g/mol. The third kappa shape index (κ3) is 4.61. The standard InChI is InChI=1S/C11H20N2O3/c1-8-5-10(12-9(2)14)7-13(6-8)4-3-11(15)16/h8,10H,3-7H2,1-2H3,(H,12,14)(H,15,16). The smallest absolute Gasteiger partial charge is 0.304 e. The minimum Gasteiger partial charge on any atom is -0.481 e. The molecule has 1 rings (SSSR count). The van der Waals surface area contributed by atoms with Gasteiger partial charge in [0.2, 0.25) is 5.91 Å². The van der Waals surface area contributed by atoms with Crippen LogP contribution >= 0.6 is 0 Å². The normalized spacial score (nSPS) is 26.4. The van der Waals surface area contributed by atoms with Crippen LogP contribution in [0.15, 0.2) is 0 Å². The van der Waals surface area contributed by atoms with Gasteiger partial charge in [-0.1, -0.05) is 6.92 Å². The van der Waals surface area contributed by atoms with Crippen LogP contribution in [-0.2, 0) is 9.59 Å². The minimum absolute atomic E-state index is 0.0164. The van der Waals surface area contributed by atoms with E-state index >= 15 is 0 Å². The zero-order chi connectivity index (χ0) is 12.1. The minimum atomic E-state index is -0.769. The van der Waals surface area contributed by atoms with E-state index in [1.54, 1.807) is 0 Å². The van der Waals surface area contributed by atoms with Crippen LogP contribution in [-0.4, -0.2) is 47.6 Å². The average molecular weight is 228 g/mol. The number of carbonyl (C=O) groups excluding carboxylic acids is 1. The molecule has 1 amide bonds. The number of piperidine rings is 1. The number of rotatable bonds is 4. The van der Waals surface area contributed by atoms with Crippen molar-refractivity contribution in [3.63, 3.8) is 0 Å². The van der Waals surface area contributed by atoms with Gasteiger partial charge in [0.25, 0.3) is 0 Å². The van der Waals surface area contributed by atoms with Crippen LogP contribution in [0.3, 0.4) is 0 Å². The first-order valence-electron chi connectivity index (χ1n) is 5.68. The summed E-state index contributed by atoms with van der Waals surface area (Å²) in [4.78, 5) is 23.6. The van der Waals surface area contributed by atoms with E-state index in [1.807, 2.05) is 0 Å². The fourth-order valence-corrected chi connectivity index (χ4v) is 2.29. The number of carboxylic acids is 1. The summed E-state index contributed by atoms with van der Waals surface area (Å²) in [6.45, 7) is 5.89. The van der Waals surface area contributed by atoms with Crippen LogP contribution in [0.25, 0.3) is 0 Å². The number of nitrogens with zero attached hydrogens (tertiary/aromatic N) is 1. The fraction of sp³-hybridized carbons (Fsp3) is 0.818. The van der Waals surface area contributed by atoms with Crippen molar-refractivity contribution in [1.29, 1.82) is 0 Å². The van der Waals surface area contributed by atoms with Gasteiger partial charge in [0, 0.05) is 32.6 Å². The predicted molar refractivity (Wildman–Crippen MR) is 60.1 cm³/mol. The van der Waals surface area contributed by atoms with Crippen LogP contribution in [0.1, 0.15) is 26.7 Å². The molecular formula is C11H20N2O3. The third-order valence-electron chi connectivity index (χ3n) is 2.78. The van der Waals surface area contributed by atoms with Crippen molar-refractivity contribution >= 4 is 11.9 Å². The number of carbonyl (C=O) groups is 2. The first kappa shape index (κ1) is 13.0. The van der Waals surface area contributed by atoms with Crippen molar-refractivity contribution < 1.29 is 14.7 Å². The van der Waals surface area contributed by atoms with Crippen molar-refractivity contribution in [3.8, 4) is 0 Å². The number of carboxylic acid groups (broad SMARTS) is 1. The molecule has 0 radical (unpaired) electrons. The van der Waals surface area contributed by atoms with E-state index in [9.17, 15) is 9.59 Å². The maximum Gasteiger partial charge on any atom is 0.304 e. The van der Waals surface area contributed by atoms with Gasteiger partial charge in [0.15, 0.2) is 0 Å². The van der Waals surface area contributed by atoms with E-state index in [0.717, 1.165) is 19.5 Å². The molecule has 5 heteroatoms. The second-order valence-electron chi connectivity index (χ2n) is 4.64. The zero-order valence-corrected chi connectivity index (χ0v) is 9.90. The first-order chi connectivity index (χ1) is 7.47. The average Bonchev–Trinajstić information content (AvgIpc) is 2.12. The molecule has 0 spiro atoms. The van der Waals surface area contributed by atoms with Crippen LogP contribution in [0, 0.1) is 5.92 Å². The molecule has 2 N–H and O–H groups in total. The summed E-state index contributed by atoms with van der Waals surface area (Å²) in [5.74, 6) is -0.286. The summed E-state index contributed by atoms with van der Waals surface area (Å²) in [6.07, 6.45) is 1.14. The van der Waals surface area contributed by atoms with E-state index in [4.69, 9.17) is 5.11 Å². The van der Waals surface area contributed by atoms with Crippen LogP contribution in [0.4, 0.5) is 0 Å². The fourth-order valence-electron chi connectivity index (χ4n) is 2.29. The number of likely N-dealkylation sites (tertiary alicyclic amines) is 1. The molecule has 0 aliphatic carbocycles. The predicted octanol–water partition coefficient (Wildman–Crippen LogP) is 0.308. The van der Waals surface area contributed by atoms with E-state index in [-0.39, 0.29) is 18.4 Å². The molecule has 1 heterocycles. The SMILES string of the molecule is CC(=O)NC1CC(C)CN(CCC(=O)O)C1. The lowest BCUT2D eigenvalue weighted by molar-refractivity contribution is -0.137. The lowest BCUT2D eigenvalue weighted by Crippen LogP contribution is -2.50. The van der Waals surface area contributed by atoms with E-state index in [0.29, 0.717) is 12.5 Å². The van der Waals surface area contributed by atoms with Gasteiger partial charge in [0.1, 0.15) is 0 Å². The second kappa shape index (κ2) is 5.84. The summed E-state index contributed by atoms with van der Waals surface area (Å²) in [5.41, 5.74) is 0. The lowest BCUT2D eigenvalue weighted by Gasteiger charge is -2.36. The van der Waals surface area contributed by atoms with Crippen LogP contribution < -0.4 is 5.32 Å². The van der Waals surface area contributed by atoms with Gasteiger partial charge < -0.3 is 15.3 Å². The van der Waals surface area contributed by atoms with Crippen molar-refractivity contribution in [2.75, 3.05) is 19.6 Å². The topological polar surface area (TPSA) is 69.6 Å². The Balaban J connectivity index is 2.40. The Bertz CT molecular complexity index is 268. The van der Waals surface area contributed by atoms with Crippen LogP contribution in [0.5, 0.6) is 0 Å². The Morgan fingerprint density at radius 1 is 1.44 bits per heavy atom. The summed E-state index contributed by atoms with van der Waals surface area (Å²) >= 11 is 0. The Morgan fingerprint density at radius 3 is 2.69 bits per heavy atom. The van der Waals surface area contributed by atoms with Gasteiger partial charge in [-0.3, -0.25) is 9.59 Å². The summed E-state index contributed by atoms with van der Waals surface area (Å²) in [7, 11) is 0. The van der Waals surface area contributed by atoms with Crippen molar-refractivity contribution in [2.45, 2.75) is 32.7 Å². The summed E-state index contributed by atoms with van der Waals surface area (Å²) in [5, 5.41) is 11.5. The molecule has 1 saturated heterocycles. The number of amides is 1. The number of hydrogen-bond acceptors (Lipinski definition) is 3. The zero-order valence-electron chi connectivity index (χ0n) is 9.90. The molecule has 0 saturated carbocycles. The molecule has 16 heavy (non-hydrogen) atoms.